The van der Waals surface area contributed by atoms with E-state index in [9.17, 15) is 9.59 Å². The second kappa shape index (κ2) is 9.43. The lowest BCUT2D eigenvalue weighted by atomic mass is 10.2. The van der Waals surface area contributed by atoms with E-state index in [1.54, 1.807) is 55.5 Å². The van der Waals surface area contributed by atoms with Crippen molar-refractivity contribution >= 4 is 52.2 Å². The number of aliphatic imine (C=N–C) groups is 1. The van der Waals surface area contributed by atoms with Crippen molar-refractivity contribution in [1.29, 1.82) is 0 Å². The Labute approximate surface area is 171 Å². The molecule has 6 nitrogen and oxygen atoms in total. The first-order chi connectivity index (χ1) is 13.5. The van der Waals surface area contributed by atoms with Gasteiger partial charge in [-0.1, -0.05) is 35.9 Å². The number of ether oxygens (including phenoxy) is 2. The molecule has 0 radical (unpaired) electrons. The summed E-state index contributed by atoms with van der Waals surface area (Å²) in [6.07, 6.45) is 1.70. The Kier molecular flexibility index (Phi) is 6.73. The topological polar surface area (TPSA) is 77.0 Å². The van der Waals surface area contributed by atoms with E-state index in [-0.39, 0.29) is 12.5 Å². The van der Waals surface area contributed by atoms with Gasteiger partial charge in [-0.15, -0.1) is 0 Å². The van der Waals surface area contributed by atoms with E-state index >= 15 is 0 Å². The highest BCUT2D eigenvalue weighted by atomic mass is 35.5. The fraction of sp³-hybridized carbons (Fsp3) is 0.150. The number of amides is 1. The van der Waals surface area contributed by atoms with Gasteiger partial charge in [0.1, 0.15) is 5.75 Å². The number of thioether (sulfide) groups is 1. The molecule has 1 heterocycles. The normalized spacial score (nSPS) is 16.3. The summed E-state index contributed by atoms with van der Waals surface area (Å²) in [5, 5.41) is 3.76. The van der Waals surface area contributed by atoms with E-state index in [1.807, 2.05) is 6.07 Å². The molecular weight excluding hydrogens is 400 g/mol. The number of carbonyl (C=O) groups is 2. The van der Waals surface area contributed by atoms with E-state index in [0.29, 0.717) is 38.7 Å². The number of carbonyl (C=O) groups excluding carboxylic acids is 2. The van der Waals surface area contributed by atoms with Crippen LogP contribution in [0.25, 0.3) is 6.08 Å². The molecule has 144 valence electrons. The highest BCUT2D eigenvalue weighted by Crippen LogP contribution is 2.31. The van der Waals surface area contributed by atoms with Crippen molar-refractivity contribution in [2.75, 3.05) is 13.2 Å². The molecule has 8 heteroatoms. The third-order valence-electron chi connectivity index (χ3n) is 3.55. The average molecular weight is 417 g/mol. The molecule has 0 bridgehead atoms. The number of amidine groups is 1. The summed E-state index contributed by atoms with van der Waals surface area (Å²) in [4.78, 5) is 28.7. The SMILES string of the molecule is CCOC(=O)COc1ccccc1/C=C1\SC(=Nc2cccc(Cl)c2)NC1=O. The lowest BCUT2D eigenvalue weighted by Crippen LogP contribution is -2.19. The van der Waals surface area contributed by atoms with Crippen molar-refractivity contribution in [3.8, 4) is 5.75 Å². The minimum absolute atomic E-state index is 0.200. The summed E-state index contributed by atoms with van der Waals surface area (Å²) < 4.78 is 10.4. The number of hydrogen-bond donors (Lipinski definition) is 1. The Balaban J connectivity index is 1.77. The molecule has 0 aromatic heterocycles. The first-order valence-corrected chi connectivity index (χ1v) is 9.67. The standard InChI is InChI=1S/C20H17ClN2O4S/c1-2-26-18(24)12-27-16-9-4-3-6-13(16)10-17-19(25)23-20(28-17)22-15-8-5-7-14(21)11-15/h3-11H,2,12H2,1H3,(H,22,23,25)/b17-10-. The molecule has 1 fully saturated rings. The van der Waals surface area contributed by atoms with Gasteiger partial charge in [-0.05, 0) is 49.0 Å². The lowest BCUT2D eigenvalue weighted by molar-refractivity contribution is -0.145. The predicted octanol–water partition coefficient (Wildman–Crippen LogP) is 4.17. The van der Waals surface area contributed by atoms with Crippen LogP contribution in [-0.2, 0) is 14.3 Å². The van der Waals surface area contributed by atoms with Crippen molar-refractivity contribution in [3.63, 3.8) is 0 Å². The second-order valence-electron chi connectivity index (χ2n) is 5.59. The van der Waals surface area contributed by atoms with Gasteiger partial charge in [-0.25, -0.2) is 9.79 Å². The third-order valence-corrected chi connectivity index (χ3v) is 4.69. The van der Waals surface area contributed by atoms with Crippen molar-refractivity contribution in [3.05, 3.63) is 64.0 Å². The van der Waals surface area contributed by atoms with Crippen LogP contribution in [0.1, 0.15) is 12.5 Å². The van der Waals surface area contributed by atoms with Crippen LogP contribution in [0.2, 0.25) is 5.02 Å². The Morgan fingerprint density at radius 2 is 2.07 bits per heavy atom. The van der Waals surface area contributed by atoms with Crippen LogP contribution in [0.4, 0.5) is 5.69 Å². The van der Waals surface area contributed by atoms with E-state index in [1.165, 1.54) is 11.8 Å². The maximum atomic E-state index is 12.3. The van der Waals surface area contributed by atoms with Crippen LogP contribution < -0.4 is 10.1 Å². The quantitative estimate of drug-likeness (QED) is 0.564. The molecule has 0 saturated carbocycles. The predicted molar refractivity (Wildman–Crippen MR) is 111 cm³/mol. The molecule has 3 rings (SSSR count). The molecular formula is C20H17ClN2O4S. The van der Waals surface area contributed by atoms with Crippen molar-refractivity contribution in [2.45, 2.75) is 6.92 Å². The summed E-state index contributed by atoms with van der Waals surface area (Å²) in [6.45, 7) is 1.82. The van der Waals surface area contributed by atoms with Gasteiger partial charge in [0.25, 0.3) is 5.91 Å². The van der Waals surface area contributed by atoms with Crippen LogP contribution in [0.15, 0.2) is 58.4 Å². The maximum Gasteiger partial charge on any atom is 0.344 e. The molecule has 0 atom stereocenters. The number of hydrogen-bond acceptors (Lipinski definition) is 6. The summed E-state index contributed by atoms with van der Waals surface area (Å²) in [6, 6.07) is 14.2. The zero-order valence-corrected chi connectivity index (χ0v) is 16.5. The molecule has 2 aromatic carbocycles. The summed E-state index contributed by atoms with van der Waals surface area (Å²) >= 11 is 7.18. The van der Waals surface area contributed by atoms with Crippen LogP contribution >= 0.6 is 23.4 Å². The minimum Gasteiger partial charge on any atom is -0.481 e. The zero-order chi connectivity index (χ0) is 19.9. The smallest absolute Gasteiger partial charge is 0.344 e. The van der Waals surface area contributed by atoms with Crippen molar-refractivity contribution in [1.82, 2.24) is 5.32 Å². The number of nitrogens with zero attached hydrogens (tertiary/aromatic N) is 1. The summed E-state index contributed by atoms with van der Waals surface area (Å²) in [5.41, 5.74) is 1.32. The fourth-order valence-corrected chi connectivity index (χ4v) is 3.37. The number of esters is 1. The second-order valence-corrected chi connectivity index (χ2v) is 7.06. The third kappa shape index (κ3) is 5.37. The van der Waals surface area contributed by atoms with E-state index in [2.05, 4.69) is 10.3 Å². The Morgan fingerprint density at radius 1 is 1.25 bits per heavy atom. The summed E-state index contributed by atoms with van der Waals surface area (Å²) in [7, 11) is 0. The monoisotopic (exact) mass is 416 g/mol. The number of para-hydroxylation sites is 1. The van der Waals surface area contributed by atoms with Gasteiger partial charge >= 0.3 is 5.97 Å². The van der Waals surface area contributed by atoms with E-state index in [0.717, 1.165) is 0 Å². The number of nitrogens with one attached hydrogen (secondary N) is 1. The van der Waals surface area contributed by atoms with Gasteiger partial charge in [0, 0.05) is 10.6 Å². The number of benzene rings is 2. The lowest BCUT2D eigenvalue weighted by Gasteiger charge is -2.08. The minimum atomic E-state index is -0.450. The first kappa shape index (κ1) is 20.0. The van der Waals surface area contributed by atoms with Gasteiger partial charge in [0.05, 0.1) is 17.2 Å². The molecule has 0 aliphatic carbocycles. The van der Waals surface area contributed by atoms with E-state index < -0.39 is 5.97 Å². The Bertz CT molecular complexity index is 959. The molecule has 28 heavy (non-hydrogen) atoms. The van der Waals surface area contributed by atoms with Crippen LogP contribution in [0, 0.1) is 0 Å². The van der Waals surface area contributed by atoms with Crippen LogP contribution in [-0.4, -0.2) is 30.3 Å². The molecule has 1 N–H and O–H groups in total. The molecule has 1 saturated heterocycles. The number of halogens is 1. The zero-order valence-electron chi connectivity index (χ0n) is 15.0. The van der Waals surface area contributed by atoms with Crippen LogP contribution in [0.3, 0.4) is 0 Å². The molecule has 0 spiro atoms. The average Bonchev–Trinajstić information content (AvgIpc) is 3.00. The molecule has 2 aromatic rings. The molecule has 1 amide bonds. The molecule has 0 unspecified atom stereocenters. The van der Waals surface area contributed by atoms with Crippen molar-refractivity contribution in [2.24, 2.45) is 4.99 Å². The highest BCUT2D eigenvalue weighted by Gasteiger charge is 2.24. The van der Waals surface area contributed by atoms with E-state index in [4.69, 9.17) is 21.1 Å². The fourth-order valence-electron chi connectivity index (χ4n) is 2.36. The largest absolute Gasteiger partial charge is 0.481 e. The maximum absolute atomic E-state index is 12.3. The van der Waals surface area contributed by atoms with Gasteiger partial charge in [0.2, 0.25) is 0 Å². The van der Waals surface area contributed by atoms with Crippen LogP contribution in [0.5, 0.6) is 5.75 Å². The van der Waals surface area contributed by atoms with Gasteiger partial charge < -0.3 is 14.8 Å². The number of rotatable bonds is 6. The van der Waals surface area contributed by atoms with Gasteiger partial charge in [-0.3, -0.25) is 4.79 Å². The van der Waals surface area contributed by atoms with Gasteiger partial charge in [0.15, 0.2) is 11.8 Å². The molecule has 1 aliphatic heterocycles. The Morgan fingerprint density at radius 3 is 2.86 bits per heavy atom. The first-order valence-electron chi connectivity index (χ1n) is 8.48. The van der Waals surface area contributed by atoms with Gasteiger partial charge in [-0.2, -0.15) is 0 Å². The highest BCUT2D eigenvalue weighted by molar-refractivity contribution is 8.18. The Hall–Kier alpha value is -2.77. The molecule has 1 aliphatic rings. The summed E-state index contributed by atoms with van der Waals surface area (Å²) in [5.74, 6) is -0.225. The van der Waals surface area contributed by atoms with Crippen molar-refractivity contribution < 1.29 is 19.1 Å².